The number of nitrogens with two attached hydrogens (primary N) is 1. The standard InChI is InChI=1S/C27H26N8O2/c1-3-4-5-22(36)34-13-11-20(15-34)35-26-23(25(28)30-16-31-26)24(33-35)18-6-8-19(9-7-18)27(37)32-21-14-17(2)10-12-29-21/h6-10,12,14,16,20H,3,11,13,15H2,1-2H3,(H2,28,30,31)(H,29,32,37)/t20-/m1/s1. The maximum atomic E-state index is 12.7. The fourth-order valence-corrected chi connectivity index (χ4v) is 4.39. The predicted octanol–water partition coefficient (Wildman–Crippen LogP) is 3.22. The molecular weight excluding hydrogens is 468 g/mol. The summed E-state index contributed by atoms with van der Waals surface area (Å²) in [5, 5.41) is 8.31. The van der Waals surface area contributed by atoms with Crippen molar-refractivity contribution in [2.45, 2.75) is 32.7 Å². The van der Waals surface area contributed by atoms with Crippen LogP contribution in [-0.4, -0.2) is 54.5 Å². The molecule has 10 nitrogen and oxygen atoms in total. The van der Waals surface area contributed by atoms with Crippen LogP contribution in [0.2, 0.25) is 0 Å². The molecule has 0 aliphatic carbocycles. The number of aromatic nitrogens is 5. The van der Waals surface area contributed by atoms with Gasteiger partial charge >= 0.3 is 0 Å². The highest BCUT2D eigenvalue weighted by Gasteiger charge is 2.30. The summed E-state index contributed by atoms with van der Waals surface area (Å²) in [7, 11) is 0. The van der Waals surface area contributed by atoms with Crippen LogP contribution in [0, 0.1) is 18.8 Å². The molecule has 1 atom stereocenters. The largest absolute Gasteiger partial charge is 0.383 e. The van der Waals surface area contributed by atoms with E-state index in [0.29, 0.717) is 53.4 Å². The molecule has 1 aromatic carbocycles. The highest BCUT2D eigenvalue weighted by molar-refractivity contribution is 6.04. The minimum atomic E-state index is -0.259. The van der Waals surface area contributed by atoms with Gasteiger partial charge in [0.05, 0.1) is 11.4 Å². The van der Waals surface area contributed by atoms with Crippen molar-refractivity contribution in [2.24, 2.45) is 0 Å². The van der Waals surface area contributed by atoms with Gasteiger partial charge < -0.3 is 16.0 Å². The number of amides is 2. The Hall–Kier alpha value is -4.78. The maximum Gasteiger partial charge on any atom is 0.298 e. The first-order valence-electron chi connectivity index (χ1n) is 12.1. The molecule has 37 heavy (non-hydrogen) atoms. The first kappa shape index (κ1) is 23.9. The molecule has 5 rings (SSSR count). The van der Waals surface area contributed by atoms with Crippen LogP contribution in [0.4, 0.5) is 11.6 Å². The van der Waals surface area contributed by atoms with E-state index in [1.807, 2.05) is 42.8 Å². The van der Waals surface area contributed by atoms with Crippen LogP contribution in [-0.2, 0) is 4.79 Å². The van der Waals surface area contributed by atoms with Crippen molar-refractivity contribution >= 4 is 34.5 Å². The number of carbonyl (C=O) groups excluding carboxylic acids is 2. The summed E-state index contributed by atoms with van der Waals surface area (Å²) in [5.41, 5.74) is 9.75. The van der Waals surface area contributed by atoms with Gasteiger partial charge in [0.1, 0.15) is 23.7 Å². The van der Waals surface area contributed by atoms with Gasteiger partial charge in [0.15, 0.2) is 5.65 Å². The molecule has 3 aromatic heterocycles. The monoisotopic (exact) mass is 494 g/mol. The molecule has 1 aliphatic rings. The number of hydrogen-bond acceptors (Lipinski definition) is 7. The lowest BCUT2D eigenvalue weighted by molar-refractivity contribution is -0.124. The van der Waals surface area contributed by atoms with Gasteiger partial charge in [-0.15, -0.1) is 0 Å². The lowest BCUT2D eigenvalue weighted by Gasteiger charge is -2.14. The third kappa shape index (κ3) is 4.84. The Morgan fingerprint density at radius 3 is 2.73 bits per heavy atom. The van der Waals surface area contributed by atoms with Crippen LogP contribution in [0.5, 0.6) is 0 Å². The van der Waals surface area contributed by atoms with Gasteiger partial charge in [0.2, 0.25) is 0 Å². The quantitative estimate of drug-likeness (QED) is 0.416. The van der Waals surface area contributed by atoms with Crippen LogP contribution >= 0.6 is 0 Å². The van der Waals surface area contributed by atoms with E-state index in [1.165, 1.54) is 6.33 Å². The number of fused-ring (bicyclic) bond motifs is 1. The van der Waals surface area contributed by atoms with Crippen molar-refractivity contribution in [3.05, 3.63) is 60.0 Å². The summed E-state index contributed by atoms with van der Waals surface area (Å²) in [6, 6.07) is 10.7. The number of carbonyl (C=O) groups is 2. The molecule has 4 aromatic rings. The molecule has 2 amide bonds. The minimum Gasteiger partial charge on any atom is -0.383 e. The first-order chi connectivity index (χ1) is 17.9. The second kappa shape index (κ2) is 10.1. The van der Waals surface area contributed by atoms with Crippen molar-refractivity contribution in [3.8, 4) is 23.1 Å². The zero-order valence-corrected chi connectivity index (χ0v) is 20.6. The Balaban J connectivity index is 1.43. The molecule has 0 unspecified atom stereocenters. The normalized spacial score (nSPS) is 14.9. The van der Waals surface area contributed by atoms with E-state index in [4.69, 9.17) is 10.8 Å². The van der Waals surface area contributed by atoms with Gasteiger partial charge in [0, 0.05) is 36.8 Å². The average molecular weight is 495 g/mol. The van der Waals surface area contributed by atoms with Gasteiger partial charge in [-0.05, 0) is 49.1 Å². The van der Waals surface area contributed by atoms with Crippen LogP contribution < -0.4 is 11.1 Å². The predicted molar refractivity (Wildman–Crippen MR) is 140 cm³/mol. The molecule has 10 heteroatoms. The first-order valence-corrected chi connectivity index (χ1v) is 12.1. The highest BCUT2D eigenvalue weighted by atomic mass is 16.2. The van der Waals surface area contributed by atoms with Crippen molar-refractivity contribution < 1.29 is 9.59 Å². The Kier molecular flexibility index (Phi) is 6.51. The number of benzene rings is 1. The van der Waals surface area contributed by atoms with Crippen LogP contribution in [0.1, 0.15) is 41.7 Å². The summed E-state index contributed by atoms with van der Waals surface area (Å²) in [4.78, 5) is 39.6. The van der Waals surface area contributed by atoms with E-state index in [1.54, 1.807) is 23.2 Å². The maximum absolute atomic E-state index is 12.7. The summed E-state index contributed by atoms with van der Waals surface area (Å²) < 4.78 is 1.83. The lowest BCUT2D eigenvalue weighted by atomic mass is 10.1. The second-order valence-electron chi connectivity index (χ2n) is 8.85. The van der Waals surface area contributed by atoms with E-state index in [9.17, 15) is 9.59 Å². The Morgan fingerprint density at radius 1 is 1.16 bits per heavy atom. The Labute approximate surface area is 213 Å². The van der Waals surface area contributed by atoms with Crippen LogP contribution in [0.3, 0.4) is 0 Å². The number of aryl methyl sites for hydroxylation is 1. The van der Waals surface area contributed by atoms with Crippen LogP contribution in [0.25, 0.3) is 22.3 Å². The molecule has 0 saturated carbocycles. The molecule has 3 N–H and O–H groups in total. The SMILES string of the molecule is CCC#CC(=O)N1CC[C@@H](n2nc(-c3ccc(C(=O)Nc4cc(C)ccn4)cc3)c3c(N)ncnc32)C1. The molecule has 0 bridgehead atoms. The number of nitrogens with one attached hydrogen (secondary N) is 1. The number of nitrogens with zero attached hydrogens (tertiary/aromatic N) is 6. The fraction of sp³-hybridized carbons (Fsp3) is 0.259. The average Bonchev–Trinajstić information content (AvgIpc) is 3.53. The number of pyridine rings is 1. The van der Waals surface area contributed by atoms with E-state index in [0.717, 1.165) is 17.5 Å². The van der Waals surface area contributed by atoms with Crippen molar-refractivity contribution in [1.29, 1.82) is 0 Å². The zero-order chi connectivity index (χ0) is 25.9. The van der Waals surface area contributed by atoms with Crippen molar-refractivity contribution in [1.82, 2.24) is 29.6 Å². The topological polar surface area (TPSA) is 132 Å². The molecule has 1 saturated heterocycles. The molecule has 1 aliphatic heterocycles. The van der Waals surface area contributed by atoms with Crippen LogP contribution in [0.15, 0.2) is 48.9 Å². The summed E-state index contributed by atoms with van der Waals surface area (Å²) in [6.45, 7) is 4.93. The van der Waals surface area contributed by atoms with E-state index >= 15 is 0 Å². The number of nitrogen functional groups attached to an aromatic ring is 1. The number of likely N-dealkylation sites (tertiary alicyclic amines) is 1. The van der Waals surface area contributed by atoms with Gasteiger partial charge in [0.25, 0.3) is 11.8 Å². The summed E-state index contributed by atoms with van der Waals surface area (Å²) in [6.07, 6.45) is 4.43. The fourth-order valence-electron chi connectivity index (χ4n) is 4.39. The Bertz CT molecular complexity index is 1550. The summed E-state index contributed by atoms with van der Waals surface area (Å²) >= 11 is 0. The van der Waals surface area contributed by atoms with Crippen molar-refractivity contribution in [3.63, 3.8) is 0 Å². The molecule has 0 radical (unpaired) electrons. The summed E-state index contributed by atoms with van der Waals surface area (Å²) in [5.74, 6) is 5.90. The minimum absolute atomic E-state index is 0.0650. The number of hydrogen-bond donors (Lipinski definition) is 2. The van der Waals surface area contributed by atoms with Gasteiger partial charge in [-0.2, -0.15) is 5.10 Å². The molecule has 1 fully saturated rings. The Morgan fingerprint density at radius 2 is 1.97 bits per heavy atom. The van der Waals surface area contributed by atoms with Gasteiger partial charge in [-0.25, -0.2) is 19.6 Å². The smallest absolute Gasteiger partial charge is 0.298 e. The molecule has 0 spiro atoms. The number of anilines is 2. The molecule has 186 valence electrons. The molecule has 4 heterocycles. The van der Waals surface area contributed by atoms with E-state index < -0.39 is 0 Å². The van der Waals surface area contributed by atoms with Gasteiger partial charge in [-0.3, -0.25) is 9.59 Å². The van der Waals surface area contributed by atoms with E-state index in [2.05, 4.69) is 32.1 Å². The zero-order valence-electron chi connectivity index (χ0n) is 20.6. The highest BCUT2D eigenvalue weighted by Crippen LogP contribution is 2.34. The molecular formula is C27H26N8O2. The van der Waals surface area contributed by atoms with E-state index in [-0.39, 0.29) is 17.9 Å². The second-order valence-corrected chi connectivity index (χ2v) is 8.85. The van der Waals surface area contributed by atoms with Gasteiger partial charge in [-0.1, -0.05) is 25.0 Å². The number of rotatable bonds is 4. The lowest BCUT2D eigenvalue weighted by Crippen LogP contribution is -2.28. The van der Waals surface area contributed by atoms with Crippen molar-refractivity contribution in [2.75, 3.05) is 24.1 Å². The third-order valence-electron chi connectivity index (χ3n) is 6.26. The third-order valence-corrected chi connectivity index (χ3v) is 6.26.